The number of aliphatic hydroxyl groups excluding tert-OH is 1. The Morgan fingerprint density at radius 3 is 2.10 bits per heavy atom. The third-order valence-electron chi connectivity index (χ3n) is 1.16. The van der Waals surface area contributed by atoms with E-state index in [1.807, 2.05) is 0 Å². The lowest BCUT2D eigenvalue weighted by Gasteiger charge is -2.17. The zero-order valence-corrected chi connectivity index (χ0v) is 5.57. The largest absolute Gasteiger partial charge is 0.403 e. The Morgan fingerprint density at radius 1 is 1.50 bits per heavy atom. The molecule has 0 amide bonds. The van der Waals surface area contributed by atoms with E-state index in [2.05, 4.69) is 5.32 Å². The molecule has 2 nitrogen and oxygen atoms in total. The highest BCUT2D eigenvalue weighted by molar-refractivity contribution is 4.72. The molecule has 0 aliphatic rings. The molecule has 0 aliphatic heterocycles. The van der Waals surface area contributed by atoms with Crippen LogP contribution in [0.4, 0.5) is 13.2 Å². The van der Waals surface area contributed by atoms with Crippen LogP contribution in [0.3, 0.4) is 0 Å². The van der Waals surface area contributed by atoms with Crippen molar-refractivity contribution >= 4 is 0 Å². The second kappa shape index (κ2) is 3.78. The van der Waals surface area contributed by atoms with Crippen LogP contribution in [0.5, 0.6) is 0 Å². The summed E-state index contributed by atoms with van der Waals surface area (Å²) in [5.41, 5.74) is 0. The van der Waals surface area contributed by atoms with E-state index in [0.717, 1.165) is 0 Å². The Bertz CT molecular complexity index is 93.4. The highest BCUT2D eigenvalue weighted by Crippen LogP contribution is 2.21. The van der Waals surface area contributed by atoms with E-state index >= 15 is 0 Å². The molecule has 0 aromatic heterocycles. The van der Waals surface area contributed by atoms with Crippen LogP contribution in [-0.4, -0.2) is 31.0 Å². The molecular formula is C5H10F3NO. The minimum absolute atomic E-state index is 0.292. The predicted molar refractivity (Wildman–Crippen MR) is 30.6 cm³/mol. The van der Waals surface area contributed by atoms with Gasteiger partial charge in [-0.15, -0.1) is 0 Å². The summed E-state index contributed by atoms with van der Waals surface area (Å²) in [6, 6.07) is -1.59. The summed E-state index contributed by atoms with van der Waals surface area (Å²) >= 11 is 0. The molecule has 0 spiro atoms. The standard InChI is InChI=1S/C5H10F3NO/c1-9-4(2-3-10)5(6,7)8/h4,9-10H,2-3H2,1H3. The minimum atomic E-state index is -4.25. The van der Waals surface area contributed by atoms with Crippen LogP contribution in [0.25, 0.3) is 0 Å². The van der Waals surface area contributed by atoms with Gasteiger partial charge in [0.1, 0.15) is 6.04 Å². The van der Waals surface area contributed by atoms with Crippen molar-refractivity contribution in [1.82, 2.24) is 5.32 Å². The second-order valence-corrected chi connectivity index (χ2v) is 1.90. The summed E-state index contributed by atoms with van der Waals surface area (Å²) in [6.07, 6.45) is -4.54. The highest BCUT2D eigenvalue weighted by atomic mass is 19.4. The summed E-state index contributed by atoms with van der Waals surface area (Å²) in [5.74, 6) is 0. The van der Waals surface area contributed by atoms with Crippen LogP contribution < -0.4 is 5.32 Å². The number of nitrogens with one attached hydrogen (secondary N) is 1. The topological polar surface area (TPSA) is 32.3 Å². The van der Waals surface area contributed by atoms with Gasteiger partial charge in [0.2, 0.25) is 0 Å². The average Bonchev–Trinajstić information content (AvgIpc) is 1.80. The SMILES string of the molecule is CNC(CCO)C(F)(F)F. The van der Waals surface area contributed by atoms with E-state index < -0.39 is 18.8 Å². The first-order valence-electron chi connectivity index (χ1n) is 2.87. The quantitative estimate of drug-likeness (QED) is 0.626. The molecule has 2 N–H and O–H groups in total. The fourth-order valence-electron chi connectivity index (χ4n) is 0.601. The van der Waals surface area contributed by atoms with Gasteiger partial charge in [0, 0.05) is 6.61 Å². The molecule has 0 saturated carbocycles. The third-order valence-corrected chi connectivity index (χ3v) is 1.16. The third kappa shape index (κ3) is 3.03. The van der Waals surface area contributed by atoms with Gasteiger partial charge >= 0.3 is 6.18 Å². The maximum absolute atomic E-state index is 11.7. The predicted octanol–water partition coefficient (Wildman–Crippen LogP) is 0.519. The molecule has 0 heterocycles. The zero-order valence-electron chi connectivity index (χ0n) is 5.57. The first-order chi connectivity index (χ1) is 4.52. The van der Waals surface area contributed by atoms with Crippen molar-refractivity contribution in [3.8, 4) is 0 Å². The van der Waals surface area contributed by atoms with Gasteiger partial charge in [0.25, 0.3) is 0 Å². The monoisotopic (exact) mass is 157 g/mol. The van der Waals surface area contributed by atoms with Crippen molar-refractivity contribution in [1.29, 1.82) is 0 Å². The van der Waals surface area contributed by atoms with Crippen LogP contribution in [0, 0.1) is 0 Å². The normalized spacial score (nSPS) is 15.3. The molecule has 0 rings (SSSR count). The maximum Gasteiger partial charge on any atom is 0.403 e. The Morgan fingerprint density at radius 2 is 2.00 bits per heavy atom. The van der Waals surface area contributed by atoms with Crippen LogP contribution in [0.15, 0.2) is 0 Å². The van der Waals surface area contributed by atoms with Crippen LogP contribution in [0.1, 0.15) is 6.42 Å². The Labute approximate surface area is 57.0 Å². The van der Waals surface area contributed by atoms with Crippen molar-refractivity contribution in [2.45, 2.75) is 18.6 Å². The highest BCUT2D eigenvalue weighted by Gasteiger charge is 2.37. The Hall–Kier alpha value is -0.290. The second-order valence-electron chi connectivity index (χ2n) is 1.90. The van der Waals surface area contributed by atoms with Gasteiger partial charge in [-0.3, -0.25) is 0 Å². The van der Waals surface area contributed by atoms with Crippen molar-refractivity contribution in [2.75, 3.05) is 13.7 Å². The summed E-state index contributed by atoms with van der Waals surface area (Å²) in [4.78, 5) is 0. The van der Waals surface area contributed by atoms with Crippen LogP contribution in [-0.2, 0) is 0 Å². The molecule has 0 aliphatic carbocycles. The van der Waals surface area contributed by atoms with Crippen molar-refractivity contribution in [2.24, 2.45) is 0 Å². The summed E-state index contributed by atoms with van der Waals surface area (Å²) in [5, 5.41) is 10.2. The molecule has 0 aromatic carbocycles. The average molecular weight is 157 g/mol. The number of aliphatic hydroxyl groups is 1. The van der Waals surface area contributed by atoms with E-state index in [1.165, 1.54) is 7.05 Å². The smallest absolute Gasteiger partial charge is 0.396 e. The Kier molecular flexibility index (Phi) is 3.67. The van der Waals surface area contributed by atoms with Crippen molar-refractivity contribution in [3.05, 3.63) is 0 Å². The summed E-state index contributed by atoms with van der Waals surface area (Å²) in [7, 11) is 1.22. The van der Waals surface area contributed by atoms with E-state index in [0.29, 0.717) is 0 Å². The van der Waals surface area contributed by atoms with Crippen LogP contribution in [0.2, 0.25) is 0 Å². The van der Waals surface area contributed by atoms with Gasteiger partial charge in [-0.05, 0) is 13.5 Å². The van der Waals surface area contributed by atoms with Gasteiger partial charge in [-0.25, -0.2) is 0 Å². The summed E-state index contributed by atoms with van der Waals surface area (Å²) < 4.78 is 35.2. The molecule has 0 saturated heterocycles. The molecule has 0 bridgehead atoms. The number of hydrogen-bond acceptors (Lipinski definition) is 2. The van der Waals surface area contributed by atoms with Crippen LogP contribution >= 0.6 is 0 Å². The van der Waals surface area contributed by atoms with Gasteiger partial charge in [0.15, 0.2) is 0 Å². The number of rotatable bonds is 3. The van der Waals surface area contributed by atoms with E-state index in [-0.39, 0.29) is 6.42 Å². The molecular weight excluding hydrogens is 147 g/mol. The van der Waals surface area contributed by atoms with Gasteiger partial charge in [-0.2, -0.15) is 13.2 Å². The molecule has 5 heteroatoms. The lowest BCUT2D eigenvalue weighted by atomic mass is 10.2. The summed E-state index contributed by atoms with van der Waals surface area (Å²) in [6.45, 7) is -0.453. The van der Waals surface area contributed by atoms with E-state index in [9.17, 15) is 13.2 Å². The van der Waals surface area contributed by atoms with E-state index in [4.69, 9.17) is 5.11 Å². The van der Waals surface area contributed by atoms with Gasteiger partial charge in [-0.1, -0.05) is 0 Å². The Balaban J connectivity index is 3.81. The van der Waals surface area contributed by atoms with E-state index in [1.54, 1.807) is 0 Å². The maximum atomic E-state index is 11.7. The minimum Gasteiger partial charge on any atom is -0.396 e. The molecule has 0 aromatic rings. The first-order valence-corrected chi connectivity index (χ1v) is 2.87. The number of halogens is 3. The molecule has 62 valence electrons. The van der Waals surface area contributed by atoms with Crippen molar-refractivity contribution in [3.63, 3.8) is 0 Å². The van der Waals surface area contributed by atoms with Gasteiger partial charge < -0.3 is 10.4 Å². The number of hydrogen-bond donors (Lipinski definition) is 2. The lowest BCUT2D eigenvalue weighted by Crippen LogP contribution is -2.40. The fourth-order valence-corrected chi connectivity index (χ4v) is 0.601. The molecule has 0 radical (unpaired) electrons. The lowest BCUT2D eigenvalue weighted by molar-refractivity contribution is -0.157. The number of alkyl halides is 3. The van der Waals surface area contributed by atoms with Crippen molar-refractivity contribution < 1.29 is 18.3 Å². The van der Waals surface area contributed by atoms with Gasteiger partial charge in [0.05, 0.1) is 0 Å². The first kappa shape index (κ1) is 9.71. The molecule has 1 atom stereocenters. The fraction of sp³-hybridized carbons (Fsp3) is 1.00. The molecule has 1 unspecified atom stereocenters. The molecule has 0 fully saturated rings. The molecule has 10 heavy (non-hydrogen) atoms. The zero-order chi connectivity index (χ0) is 8.20.